The van der Waals surface area contributed by atoms with E-state index < -0.39 is 0 Å². The molecule has 1 aliphatic carbocycles. The first-order valence-corrected chi connectivity index (χ1v) is 10.9. The third-order valence-electron chi connectivity index (χ3n) is 6.44. The molecule has 2 N–H and O–H groups in total. The minimum absolute atomic E-state index is 0.137. The molecule has 1 fully saturated rings. The minimum atomic E-state index is -0.137. The van der Waals surface area contributed by atoms with Gasteiger partial charge in [0.05, 0.1) is 23.0 Å². The van der Waals surface area contributed by atoms with E-state index in [1.165, 1.54) is 16.8 Å². The zero-order chi connectivity index (χ0) is 20.7. The molecule has 0 radical (unpaired) electrons. The summed E-state index contributed by atoms with van der Waals surface area (Å²) in [7, 11) is 0. The molecule has 0 saturated heterocycles. The summed E-state index contributed by atoms with van der Waals surface area (Å²) in [5.74, 6) is 1.11. The molecule has 2 aromatic carbocycles. The van der Waals surface area contributed by atoms with Crippen molar-refractivity contribution < 1.29 is 0 Å². The van der Waals surface area contributed by atoms with Gasteiger partial charge in [-0.2, -0.15) is 5.26 Å². The van der Waals surface area contributed by atoms with Gasteiger partial charge in [-0.05, 0) is 80.7 Å². The fourth-order valence-corrected chi connectivity index (χ4v) is 4.97. The number of nitrogens with one attached hydrogen (secondary N) is 2. The van der Waals surface area contributed by atoms with Crippen LogP contribution in [0.2, 0.25) is 0 Å². The molecule has 30 heavy (non-hydrogen) atoms. The highest BCUT2D eigenvalue weighted by Crippen LogP contribution is 2.48. The Morgan fingerprint density at radius 2 is 1.80 bits per heavy atom. The molecule has 2 heterocycles. The standard InChI is InChI=1S/C25H27N5/c1-3-29(4-2)18-14-12-17(13-15-18)27-24-20-9-7-8-19(20)21(16-26)25-28-22-10-5-6-11-23(22)30(24)25/h5-6,10-15,25,27-28H,3-4,7-9H2,1-2H3/t25-/m0/s1. The van der Waals surface area contributed by atoms with Gasteiger partial charge in [-0.3, -0.25) is 4.90 Å². The van der Waals surface area contributed by atoms with Crippen molar-refractivity contribution >= 4 is 22.7 Å². The van der Waals surface area contributed by atoms with E-state index in [4.69, 9.17) is 0 Å². The number of rotatable bonds is 5. The fourth-order valence-electron chi connectivity index (χ4n) is 4.97. The van der Waals surface area contributed by atoms with Gasteiger partial charge < -0.3 is 15.5 Å². The van der Waals surface area contributed by atoms with E-state index in [1.807, 2.05) is 6.07 Å². The van der Waals surface area contributed by atoms with Crippen LogP contribution in [0.15, 0.2) is 71.1 Å². The molecule has 3 aliphatic rings. The van der Waals surface area contributed by atoms with Crippen LogP contribution in [0.1, 0.15) is 33.1 Å². The fraction of sp³-hybridized carbons (Fsp3) is 0.320. The monoisotopic (exact) mass is 397 g/mol. The number of para-hydroxylation sites is 2. The Labute approximate surface area is 178 Å². The smallest absolute Gasteiger partial charge is 0.142 e. The zero-order valence-electron chi connectivity index (χ0n) is 17.6. The Morgan fingerprint density at radius 1 is 1.07 bits per heavy atom. The minimum Gasteiger partial charge on any atom is -0.372 e. The second kappa shape index (κ2) is 7.46. The van der Waals surface area contributed by atoms with Crippen LogP contribution in [0.3, 0.4) is 0 Å². The zero-order valence-corrected chi connectivity index (χ0v) is 17.6. The van der Waals surface area contributed by atoms with E-state index in [-0.39, 0.29) is 6.17 Å². The van der Waals surface area contributed by atoms with Crippen molar-refractivity contribution in [3.05, 3.63) is 71.1 Å². The van der Waals surface area contributed by atoms with Gasteiger partial charge in [0.2, 0.25) is 0 Å². The molecule has 5 rings (SSSR count). The summed E-state index contributed by atoms with van der Waals surface area (Å²) in [5.41, 5.74) is 7.88. The van der Waals surface area contributed by atoms with Crippen molar-refractivity contribution in [3.8, 4) is 6.07 Å². The highest BCUT2D eigenvalue weighted by Gasteiger charge is 2.42. The molecule has 0 amide bonds. The molecule has 152 valence electrons. The lowest BCUT2D eigenvalue weighted by Crippen LogP contribution is -2.42. The third kappa shape index (κ3) is 2.83. The summed E-state index contributed by atoms with van der Waals surface area (Å²) >= 11 is 0. The molecule has 5 nitrogen and oxygen atoms in total. The Hall–Kier alpha value is -3.39. The van der Waals surface area contributed by atoms with Crippen LogP contribution < -0.4 is 20.4 Å². The third-order valence-corrected chi connectivity index (χ3v) is 6.44. The highest BCUT2D eigenvalue weighted by atomic mass is 15.4. The molecule has 5 heteroatoms. The number of nitrogens with zero attached hydrogens (tertiary/aromatic N) is 3. The average molecular weight is 398 g/mol. The summed E-state index contributed by atoms with van der Waals surface area (Å²) < 4.78 is 0. The Bertz CT molecular complexity index is 1070. The largest absolute Gasteiger partial charge is 0.372 e. The van der Waals surface area contributed by atoms with Gasteiger partial charge in [-0.1, -0.05) is 12.1 Å². The highest BCUT2D eigenvalue weighted by molar-refractivity contribution is 5.84. The van der Waals surface area contributed by atoms with Gasteiger partial charge in [-0.15, -0.1) is 0 Å². The first-order chi connectivity index (χ1) is 14.7. The van der Waals surface area contributed by atoms with E-state index >= 15 is 0 Å². The lowest BCUT2D eigenvalue weighted by molar-refractivity contribution is 0.809. The number of benzene rings is 2. The maximum atomic E-state index is 9.95. The average Bonchev–Trinajstić information content (AvgIpc) is 3.41. The molecule has 0 aromatic heterocycles. The van der Waals surface area contributed by atoms with Crippen molar-refractivity contribution in [3.63, 3.8) is 0 Å². The van der Waals surface area contributed by atoms with Crippen LogP contribution in [0, 0.1) is 11.3 Å². The van der Waals surface area contributed by atoms with Crippen LogP contribution in [-0.2, 0) is 0 Å². The molecule has 2 aromatic rings. The van der Waals surface area contributed by atoms with Gasteiger partial charge in [0.15, 0.2) is 0 Å². The number of allylic oxidation sites excluding steroid dienone is 2. The van der Waals surface area contributed by atoms with Gasteiger partial charge in [0.1, 0.15) is 12.0 Å². The number of fused-ring (bicyclic) bond motifs is 4. The lowest BCUT2D eigenvalue weighted by Gasteiger charge is -2.35. The van der Waals surface area contributed by atoms with E-state index in [2.05, 4.69) is 82.8 Å². The Kier molecular flexibility index (Phi) is 4.63. The molecule has 1 saturated carbocycles. The molecular formula is C25H27N5. The number of hydrogen-bond donors (Lipinski definition) is 2. The number of hydrogen-bond acceptors (Lipinski definition) is 5. The van der Waals surface area contributed by atoms with E-state index in [0.717, 1.165) is 60.8 Å². The van der Waals surface area contributed by atoms with Crippen molar-refractivity contribution in [2.45, 2.75) is 39.3 Å². The lowest BCUT2D eigenvalue weighted by atomic mass is 9.96. The van der Waals surface area contributed by atoms with Gasteiger partial charge in [0.25, 0.3) is 0 Å². The summed E-state index contributed by atoms with van der Waals surface area (Å²) in [6.07, 6.45) is 2.95. The first-order valence-electron chi connectivity index (χ1n) is 10.9. The summed E-state index contributed by atoms with van der Waals surface area (Å²) in [6.45, 7) is 6.37. The van der Waals surface area contributed by atoms with Crippen LogP contribution in [0.4, 0.5) is 22.7 Å². The summed E-state index contributed by atoms with van der Waals surface area (Å²) in [4.78, 5) is 4.62. The first kappa shape index (κ1) is 18.6. The van der Waals surface area contributed by atoms with Crippen molar-refractivity contribution in [1.82, 2.24) is 0 Å². The number of nitriles is 1. The van der Waals surface area contributed by atoms with Crippen LogP contribution >= 0.6 is 0 Å². The molecule has 0 unspecified atom stereocenters. The number of anilines is 4. The van der Waals surface area contributed by atoms with E-state index in [0.29, 0.717) is 0 Å². The SMILES string of the molecule is CCN(CC)c1ccc(NC2=C3CCCC3=C(C#N)[C@H]3Nc4ccccc4N23)cc1. The predicted octanol–water partition coefficient (Wildman–Crippen LogP) is 5.43. The van der Waals surface area contributed by atoms with Gasteiger partial charge in [0, 0.05) is 24.5 Å². The van der Waals surface area contributed by atoms with Crippen LogP contribution in [0.5, 0.6) is 0 Å². The molecule has 0 spiro atoms. The maximum Gasteiger partial charge on any atom is 0.142 e. The molecule has 2 aliphatic heterocycles. The van der Waals surface area contributed by atoms with E-state index in [1.54, 1.807) is 0 Å². The van der Waals surface area contributed by atoms with Gasteiger partial charge in [-0.25, -0.2) is 0 Å². The molecule has 1 atom stereocenters. The summed E-state index contributed by atoms with van der Waals surface area (Å²) in [6, 6.07) is 19.5. The Morgan fingerprint density at radius 3 is 2.53 bits per heavy atom. The molecular weight excluding hydrogens is 370 g/mol. The normalized spacial score (nSPS) is 19.1. The van der Waals surface area contributed by atoms with E-state index in [9.17, 15) is 5.26 Å². The topological polar surface area (TPSA) is 54.3 Å². The van der Waals surface area contributed by atoms with Crippen molar-refractivity contribution in [2.75, 3.05) is 33.5 Å². The second-order valence-corrected chi connectivity index (χ2v) is 7.96. The van der Waals surface area contributed by atoms with Gasteiger partial charge >= 0.3 is 0 Å². The van der Waals surface area contributed by atoms with Crippen molar-refractivity contribution in [1.29, 1.82) is 5.26 Å². The quantitative estimate of drug-likeness (QED) is 0.704. The Balaban J connectivity index is 1.56. The summed E-state index contributed by atoms with van der Waals surface area (Å²) in [5, 5.41) is 17.2. The van der Waals surface area contributed by atoms with Crippen LogP contribution in [-0.4, -0.2) is 19.3 Å². The maximum absolute atomic E-state index is 9.95. The van der Waals surface area contributed by atoms with Crippen LogP contribution in [0.25, 0.3) is 0 Å². The molecule has 0 bridgehead atoms. The predicted molar refractivity (Wildman–Crippen MR) is 123 cm³/mol. The van der Waals surface area contributed by atoms with Crippen molar-refractivity contribution in [2.24, 2.45) is 0 Å². The second-order valence-electron chi connectivity index (χ2n) is 7.96.